The minimum Gasteiger partial charge on any atom is -0.381 e. The highest BCUT2D eigenvalue weighted by molar-refractivity contribution is 5.79. The Bertz CT molecular complexity index is 518. The fourth-order valence-corrected chi connectivity index (χ4v) is 3.66. The summed E-state index contributed by atoms with van der Waals surface area (Å²) in [6.07, 6.45) is 5.79. The molecule has 3 heterocycles. The van der Waals surface area contributed by atoms with E-state index in [1.807, 2.05) is 18.5 Å². The summed E-state index contributed by atoms with van der Waals surface area (Å²) in [6, 6.07) is 0.536. The van der Waals surface area contributed by atoms with Gasteiger partial charge in [0.25, 0.3) is 0 Å². The quantitative estimate of drug-likeness (QED) is 0.891. The van der Waals surface area contributed by atoms with E-state index in [1.54, 1.807) is 6.33 Å². The first-order chi connectivity index (χ1) is 11.1. The number of hydrogen-bond acceptors (Lipinski definition) is 5. The fourth-order valence-electron chi connectivity index (χ4n) is 3.66. The van der Waals surface area contributed by atoms with Gasteiger partial charge in [0.05, 0.1) is 6.04 Å². The summed E-state index contributed by atoms with van der Waals surface area (Å²) in [5.41, 5.74) is 0. The van der Waals surface area contributed by atoms with Crippen molar-refractivity contribution in [2.24, 2.45) is 13.0 Å². The van der Waals surface area contributed by atoms with E-state index in [0.717, 1.165) is 57.8 Å². The van der Waals surface area contributed by atoms with Crippen molar-refractivity contribution in [3.63, 3.8) is 0 Å². The molecule has 1 amide bonds. The predicted molar refractivity (Wildman–Crippen MR) is 85.7 cm³/mol. The summed E-state index contributed by atoms with van der Waals surface area (Å²) in [6.45, 7) is 5.74. The standard InChI is InChI=1S/C16H27N5O2/c1-12(15-19-17-11-20(15)2)18-16(22)13-3-7-21(8-4-13)14-5-9-23-10-6-14/h11-14H,3-10H2,1-2H3,(H,18,22). The van der Waals surface area contributed by atoms with Crippen LogP contribution in [0.5, 0.6) is 0 Å². The summed E-state index contributed by atoms with van der Waals surface area (Å²) in [7, 11) is 1.89. The molecular formula is C16H27N5O2. The van der Waals surface area contributed by atoms with Gasteiger partial charge in [0.2, 0.25) is 5.91 Å². The van der Waals surface area contributed by atoms with Crippen molar-refractivity contribution in [3.05, 3.63) is 12.2 Å². The van der Waals surface area contributed by atoms with Gasteiger partial charge in [0, 0.05) is 32.2 Å². The zero-order valence-corrected chi connectivity index (χ0v) is 14.1. The van der Waals surface area contributed by atoms with Crippen molar-refractivity contribution in [3.8, 4) is 0 Å². The molecule has 0 spiro atoms. The first kappa shape index (κ1) is 16.4. The lowest BCUT2D eigenvalue weighted by molar-refractivity contribution is -0.127. The molecule has 7 nitrogen and oxygen atoms in total. The first-order valence-electron chi connectivity index (χ1n) is 8.61. The smallest absolute Gasteiger partial charge is 0.223 e. The Hall–Kier alpha value is -1.47. The number of rotatable bonds is 4. The Morgan fingerprint density at radius 3 is 2.61 bits per heavy atom. The number of aryl methyl sites for hydroxylation is 1. The van der Waals surface area contributed by atoms with E-state index in [4.69, 9.17) is 4.74 Å². The maximum Gasteiger partial charge on any atom is 0.223 e. The van der Waals surface area contributed by atoms with Crippen LogP contribution < -0.4 is 5.32 Å². The molecule has 1 aromatic rings. The van der Waals surface area contributed by atoms with Gasteiger partial charge in [0.15, 0.2) is 5.82 Å². The molecule has 2 fully saturated rings. The normalized spacial score (nSPS) is 22.9. The van der Waals surface area contributed by atoms with Gasteiger partial charge >= 0.3 is 0 Å². The van der Waals surface area contributed by atoms with Crippen LogP contribution in [0.15, 0.2) is 6.33 Å². The molecule has 23 heavy (non-hydrogen) atoms. The van der Waals surface area contributed by atoms with Gasteiger partial charge in [-0.1, -0.05) is 0 Å². The largest absolute Gasteiger partial charge is 0.381 e. The van der Waals surface area contributed by atoms with Crippen LogP contribution in [0.2, 0.25) is 0 Å². The van der Waals surface area contributed by atoms with E-state index < -0.39 is 0 Å². The van der Waals surface area contributed by atoms with Crippen molar-refractivity contribution in [1.29, 1.82) is 0 Å². The van der Waals surface area contributed by atoms with E-state index in [1.165, 1.54) is 0 Å². The predicted octanol–water partition coefficient (Wildman–Crippen LogP) is 0.883. The lowest BCUT2D eigenvalue weighted by atomic mass is 9.93. The van der Waals surface area contributed by atoms with Crippen LogP contribution in [0.4, 0.5) is 0 Å². The molecule has 2 aliphatic heterocycles. The molecule has 2 saturated heterocycles. The van der Waals surface area contributed by atoms with Crippen LogP contribution in [-0.2, 0) is 16.6 Å². The third kappa shape index (κ3) is 3.90. The maximum absolute atomic E-state index is 12.5. The van der Waals surface area contributed by atoms with Crippen LogP contribution in [0.1, 0.15) is 44.5 Å². The highest BCUT2D eigenvalue weighted by Gasteiger charge is 2.30. The van der Waals surface area contributed by atoms with Gasteiger partial charge in [-0.25, -0.2) is 0 Å². The molecule has 1 unspecified atom stereocenters. The number of aromatic nitrogens is 3. The second-order valence-electron chi connectivity index (χ2n) is 6.68. The van der Waals surface area contributed by atoms with Crippen LogP contribution in [0.3, 0.4) is 0 Å². The number of hydrogen-bond donors (Lipinski definition) is 1. The number of likely N-dealkylation sites (tertiary alicyclic amines) is 1. The molecule has 1 aromatic heterocycles. The number of piperidine rings is 1. The number of carbonyl (C=O) groups is 1. The van der Waals surface area contributed by atoms with Crippen molar-refractivity contribution in [1.82, 2.24) is 25.0 Å². The van der Waals surface area contributed by atoms with Gasteiger partial charge in [0.1, 0.15) is 6.33 Å². The van der Waals surface area contributed by atoms with Crippen LogP contribution in [0.25, 0.3) is 0 Å². The fraction of sp³-hybridized carbons (Fsp3) is 0.812. The van der Waals surface area contributed by atoms with Crippen LogP contribution in [-0.4, -0.2) is 57.9 Å². The minimum absolute atomic E-state index is 0.108. The Labute approximate surface area is 137 Å². The van der Waals surface area contributed by atoms with Crippen molar-refractivity contribution >= 4 is 5.91 Å². The van der Waals surface area contributed by atoms with E-state index in [2.05, 4.69) is 20.4 Å². The number of amides is 1. The maximum atomic E-state index is 12.5. The molecule has 128 valence electrons. The Balaban J connectivity index is 1.47. The zero-order valence-electron chi connectivity index (χ0n) is 14.1. The number of nitrogens with one attached hydrogen (secondary N) is 1. The molecule has 0 radical (unpaired) electrons. The lowest BCUT2D eigenvalue weighted by Crippen LogP contribution is -2.47. The highest BCUT2D eigenvalue weighted by atomic mass is 16.5. The van der Waals surface area contributed by atoms with E-state index in [9.17, 15) is 4.79 Å². The summed E-state index contributed by atoms with van der Waals surface area (Å²) < 4.78 is 7.28. The lowest BCUT2D eigenvalue weighted by Gasteiger charge is -2.39. The zero-order chi connectivity index (χ0) is 16.2. The van der Waals surface area contributed by atoms with Crippen LogP contribution in [0, 0.1) is 5.92 Å². The van der Waals surface area contributed by atoms with E-state index >= 15 is 0 Å². The SMILES string of the molecule is CC(NC(=O)C1CCN(C2CCOCC2)CC1)c1nncn1C. The van der Waals surface area contributed by atoms with Gasteiger partial charge in [-0.3, -0.25) is 4.79 Å². The Morgan fingerprint density at radius 2 is 2.00 bits per heavy atom. The molecule has 0 aromatic carbocycles. The number of ether oxygens (including phenoxy) is 1. The van der Waals surface area contributed by atoms with Crippen molar-refractivity contribution in [2.45, 2.75) is 44.7 Å². The molecule has 1 N–H and O–H groups in total. The number of carbonyl (C=O) groups excluding carboxylic acids is 1. The Kier molecular flexibility index (Phi) is 5.27. The summed E-state index contributed by atoms with van der Waals surface area (Å²) in [5.74, 6) is 1.05. The summed E-state index contributed by atoms with van der Waals surface area (Å²) in [5, 5.41) is 11.0. The minimum atomic E-state index is -0.108. The molecule has 0 saturated carbocycles. The molecule has 2 aliphatic rings. The topological polar surface area (TPSA) is 72.3 Å². The molecule has 7 heteroatoms. The summed E-state index contributed by atoms with van der Waals surface area (Å²) in [4.78, 5) is 15.0. The average Bonchev–Trinajstić information content (AvgIpc) is 3.02. The monoisotopic (exact) mass is 321 g/mol. The van der Waals surface area contributed by atoms with Gasteiger partial charge in [-0.15, -0.1) is 10.2 Å². The molecule has 0 bridgehead atoms. The van der Waals surface area contributed by atoms with Crippen LogP contribution >= 0.6 is 0 Å². The number of nitrogens with zero attached hydrogens (tertiary/aromatic N) is 4. The van der Waals surface area contributed by atoms with Crippen molar-refractivity contribution in [2.75, 3.05) is 26.3 Å². The first-order valence-corrected chi connectivity index (χ1v) is 8.61. The molecular weight excluding hydrogens is 294 g/mol. The second kappa shape index (κ2) is 7.40. The van der Waals surface area contributed by atoms with Crippen molar-refractivity contribution < 1.29 is 9.53 Å². The summed E-state index contributed by atoms with van der Waals surface area (Å²) >= 11 is 0. The second-order valence-corrected chi connectivity index (χ2v) is 6.68. The van der Waals surface area contributed by atoms with E-state index in [0.29, 0.717) is 6.04 Å². The highest BCUT2D eigenvalue weighted by Crippen LogP contribution is 2.24. The van der Waals surface area contributed by atoms with E-state index in [-0.39, 0.29) is 17.9 Å². The third-order valence-corrected chi connectivity index (χ3v) is 5.10. The molecule has 1 atom stereocenters. The Morgan fingerprint density at radius 1 is 1.30 bits per heavy atom. The van der Waals surface area contributed by atoms with Gasteiger partial charge in [-0.05, 0) is 45.7 Å². The van der Waals surface area contributed by atoms with Gasteiger partial charge < -0.3 is 19.5 Å². The molecule has 0 aliphatic carbocycles. The molecule has 3 rings (SSSR count). The average molecular weight is 321 g/mol. The third-order valence-electron chi connectivity index (χ3n) is 5.10. The van der Waals surface area contributed by atoms with Gasteiger partial charge in [-0.2, -0.15) is 0 Å².